The molecule has 164 valence electrons. The highest BCUT2D eigenvalue weighted by Crippen LogP contribution is 2.35. The van der Waals surface area contributed by atoms with Gasteiger partial charge in [-0.2, -0.15) is 5.10 Å². The van der Waals surface area contributed by atoms with Gasteiger partial charge < -0.3 is 4.74 Å². The number of hydrogen-bond donors (Lipinski definition) is 1. The molecule has 0 radical (unpaired) electrons. The van der Waals surface area contributed by atoms with Gasteiger partial charge in [-0.3, -0.25) is 14.9 Å². The van der Waals surface area contributed by atoms with Crippen LogP contribution in [0.15, 0.2) is 58.2 Å². The second-order valence-electron chi connectivity index (χ2n) is 6.20. The van der Waals surface area contributed by atoms with Crippen molar-refractivity contribution in [1.29, 1.82) is 0 Å². The fourth-order valence-electron chi connectivity index (χ4n) is 2.43. The van der Waals surface area contributed by atoms with Crippen LogP contribution >= 0.6 is 50.7 Å². The van der Waals surface area contributed by atoms with Crippen LogP contribution in [0.5, 0.6) is 5.75 Å². The molecule has 8 nitrogen and oxygen atoms in total. The molecule has 0 atom stereocenters. The van der Waals surface area contributed by atoms with E-state index in [1.807, 2.05) is 0 Å². The number of aromatic nitrogens is 1. The van der Waals surface area contributed by atoms with Crippen molar-refractivity contribution in [3.8, 4) is 5.75 Å². The normalized spacial score (nSPS) is 10.9. The molecule has 0 fully saturated rings. The summed E-state index contributed by atoms with van der Waals surface area (Å²) in [5, 5.41) is 15.8. The minimum atomic E-state index is -0.624. The number of nitrogens with zero attached hydrogens (tertiary/aromatic N) is 3. The Morgan fingerprint density at radius 1 is 1.19 bits per heavy atom. The first-order valence-corrected chi connectivity index (χ1v) is 10.7. The number of carbonyl (C=O) groups excluding carboxylic acids is 1. The first-order valence-electron chi connectivity index (χ1n) is 8.74. The number of pyridine rings is 1. The van der Waals surface area contributed by atoms with E-state index in [0.717, 1.165) is 11.8 Å². The van der Waals surface area contributed by atoms with E-state index in [1.165, 1.54) is 18.3 Å². The van der Waals surface area contributed by atoms with Crippen LogP contribution in [0.3, 0.4) is 0 Å². The molecular weight excluding hydrogens is 547 g/mol. The molecule has 0 aliphatic heterocycles. The zero-order valence-corrected chi connectivity index (χ0v) is 19.7. The predicted molar refractivity (Wildman–Crippen MR) is 126 cm³/mol. The highest BCUT2D eigenvalue weighted by Gasteiger charge is 2.12. The van der Waals surface area contributed by atoms with Crippen LogP contribution in [0.25, 0.3) is 0 Å². The molecule has 0 bridgehead atoms. The molecular formula is C20H12BrCl3N4O4. The van der Waals surface area contributed by atoms with E-state index < -0.39 is 10.8 Å². The standard InChI is InChI=1S/C20H12BrCl3N4O4/c21-15-5-11(8-26-27-20(29)18-4-3-14(9-25-18)28(30)31)6-17(24)19(15)32-10-12-1-2-13(22)7-16(12)23/h1-9H,10H2,(H,27,29). The number of carbonyl (C=O) groups is 1. The second-order valence-corrected chi connectivity index (χ2v) is 8.30. The molecule has 0 aliphatic rings. The van der Waals surface area contributed by atoms with Gasteiger partial charge in [-0.05, 0) is 51.8 Å². The Bertz CT molecular complexity index is 1180. The number of nitro groups is 1. The van der Waals surface area contributed by atoms with Gasteiger partial charge >= 0.3 is 0 Å². The van der Waals surface area contributed by atoms with Crippen molar-refractivity contribution in [2.24, 2.45) is 5.10 Å². The van der Waals surface area contributed by atoms with Crippen molar-refractivity contribution < 1.29 is 14.5 Å². The quantitative estimate of drug-likeness (QED) is 0.216. The van der Waals surface area contributed by atoms with Crippen LogP contribution in [-0.4, -0.2) is 22.0 Å². The van der Waals surface area contributed by atoms with Crippen molar-refractivity contribution in [3.63, 3.8) is 0 Å². The number of rotatable bonds is 7. The molecule has 12 heteroatoms. The number of hydrogen-bond acceptors (Lipinski definition) is 6. The number of ether oxygens (including phenoxy) is 1. The van der Waals surface area contributed by atoms with E-state index in [0.29, 0.717) is 30.9 Å². The maximum absolute atomic E-state index is 12.0. The summed E-state index contributed by atoms with van der Waals surface area (Å²) in [6.45, 7) is 0.181. The summed E-state index contributed by atoms with van der Waals surface area (Å²) in [5.74, 6) is -0.213. The summed E-state index contributed by atoms with van der Waals surface area (Å²) in [7, 11) is 0. The summed E-state index contributed by atoms with van der Waals surface area (Å²) in [6.07, 6.45) is 2.37. The molecule has 0 saturated heterocycles. The molecule has 1 amide bonds. The summed E-state index contributed by atoms with van der Waals surface area (Å²) >= 11 is 21.8. The highest BCUT2D eigenvalue weighted by molar-refractivity contribution is 9.10. The lowest BCUT2D eigenvalue weighted by Gasteiger charge is -2.12. The van der Waals surface area contributed by atoms with Gasteiger partial charge in [0.25, 0.3) is 11.6 Å². The van der Waals surface area contributed by atoms with E-state index >= 15 is 0 Å². The van der Waals surface area contributed by atoms with Crippen LogP contribution in [0.2, 0.25) is 15.1 Å². The maximum Gasteiger partial charge on any atom is 0.289 e. The summed E-state index contributed by atoms with van der Waals surface area (Å²) < 4.78 is 6.35. The first-order chi connectivity index (χ1) is 15.2. The fourth-order valence-corrected chi connectivity index (χ4v) is 3.88. The van der Waals surface area contributed by atoms with Crippen molar-refractivity contribution in [1.82, 2.24) is 10.4 Å². The van der Waals surface area contributed by atoms with Crippen molar-refractivity contribution in [2.75, 3.05) is 0 Å². The SMILES string of the molecule is O=C(NN=Cc1cc(Cl)c(OCc2ccc(Cl)cc2Cl)c(Br)c1)c1ccc([N+](=O)[O-])cn1. The Kier molecular flexibility index (Phi) is 8.03. The largest absolute Gasteiger partial charge is 0.486 e. The van der Waals surface area contributed by atoms with Crippen molar-refractivity contribution in [2.45, 2.75) is 6.61 Å². The van der Waals surface area contributed by atoms with Crippen molar-refractivity contribution in [3.05, 3.63) is 95.1 Å². The smallest absolute Gasteiger partial charge is 0.289 e. The van der Waals surface area contributed by atoms with E-state index in [4.69, 9.17) is 39.5 Å². The number of hydrazone groups is 1. The van der Waals surface area contributed by atoms with Gasteiger partial charge in [-0.25, -0.2) is 10.4 Å². The molecule has 0 saturated carbocycles. The number of benzene rings is 2. The Labute approximate surface area is 205 Å². The summed E-state index contributed by atoms with van der Waals surface area (Å²) in [4.78, 5) is 25.8. The molecule has 3 aromatic rings. The number of amides is 1. The van der Waals surface area contributed by atoms with Gasteiger partial charge in [0.2, 0.25) is 0 Å². The van der Waals surface area contributed by atoms with Crippen molar-refractivity contribution >= 4 is 68.5 Å². The Morgan fingerprint density at radius 3 is 2.59 bits per heavy atom. The molecule has 1 N–H and O–H groups in total. The minimum absolute atomic E-state index is 0.0171. The molecule has 2 aromatic carbocycles. The van der Waals surface area contributed by atoms with Gasteiger partial charge in [0.05, 0.1) is 20.6 Å². The average molecular weight is 559 g/mol. The Hall–Kier alpha value is -2.72. The third-order valence-corrected chi connectivity index (χ3v) is 5.44. The first kappa shape index (κ1) is 23.9. The molecule has 0 aliphatic carbocycles. The van der Waals surface area contributed by atoms with Gasteiger partial charge in [0.15, 0.2) is 5.75 Å². The highest BCUT2D eigenvalue weighted by atomic mass is 79.9. The average Bonchev–Trinajstić information content (AvgIpc) is 2.74. The molecule has 3 rings (SSSR count). The lowest BCUT2D eigenvalue weighted by molar-refractivity contribution is -0.385. The van der Waals surface area contributed by atoms with Crippen LogP contribution < -0.4 is 10.2 Å². The van der Waals surface area contributed by atoms with E-state index in [9.17, 15) is 14.9 Å². The Morgan fingerprint density at radius 2 is 1.97 bits per heavy atom. The third kappa shape index (κ3) is 6.17. The van der Waals surface area contributed by atoms with Crippen LogP contribution in [-0.2, 0) is 6.61 Å². The van der Waals surface area contributed by atoms with Gasteiger partial charge in [0, 0.05) is 21.7 Å². The molecule has 1 aromatic heterocycles. The second kappa shape index (κ2) is 10.7. The molecule has 1 heterocycles. The monoisotopic (exact) mass is 556 g/mol. The molecule has 0 spiro atoms. The van der Waals surface area contributed by atoms with Gasteiger partial charge in [0.1, 0.15) is 18.5 Å². The lowest BCUT2D eigenvalue weighted by Crippen LogP contribution is -2.18. The lowest BCUT2D eigenvalue weighted by atomic mass is 10.2. The molecule has 0 unspecified atom stereocenters. The maximum atomic E-state index is 12.0. The Balaban J connectivity index is 1.64. The minimum Gasteiger partial charge on any atom is -0.486 e. The van der Waals surface area contributed by atoms with Gasteiger partial charge in [-0.15, -0.1) is 0 Å². The topological polar surface area (TPSA) is 107 Å². The van der Waals surface area contributed by atoms with Gasteiger partial charge in [-0.1, -0.05) is 40.9 Å². The van der Waals surface area contributed by atoms with Crippen LogP contribution in [0, 0.1) is 10.1 Å². The number of halogens is 4. The summed E-state index contributed by atoms with van der Waals surface area (Å²) in [5.41, 5.74) is 3.38. The molecule has 32 heavy (non-hydrogen) atoms. The zero-order chi connectivity index (χ0) is 23.3. The predicted octanol–water partition coefficient (Wildman–Crippen LogP) is 6.06. The van der Waals surface area contributed by atoms with Crippen LogP contribution in [0.1, 0.15) is 21.6 Å². The third-order valence-electron chi connectivity index (χ3n) is 3.98. The fraction of sp³-hybridized carbons (Fsp3) is 0.0500. The van der Waals surface area contributed by atoms with E-state index in [1.54, 1.807) is 30.3 Å². The van der Waals surface area contributed by atoms with E-state index in [-0.39, 0.29) is 18.0 Å². The summed E-state index contributed by atoms with van der Waals surface area (Å²) in [6, 6.07) is 10.8. The van der Waals surface area contributed by atoms with Crippen LogP contribution in [0.4, 0.5) is 5.69 Å². The number of nitrogens with one attached hydrogen (secondary N) is 1. The zero-order valence-electron chi connectivity index (χ0n) is 15.9. The van der Waals surface area contributed by atoms with E-state index in [2.05, 4.69) is 31.4 Å².